The van der Waals surface area contributed by atoms with Crippen LogP contribution in [0.2, 0.25) is 5.02 Å². The molecule has 90 valence electrons. The van der Waals surface area contributed by atoms with Gasteiger partial charge in [-0.2, -0.15) is 8.75 Å². The molecule has 17 heavy (non-hydrogen) atoms. The molecular formula is C10H11ClN4S2. The highest BCUT2D eigenvalue weighted by Gasteiger charge is 2.10. The van der Waals surface area contributed by atoms with Gasteiger partial charge in [0.05, 0.1) is 22.4 Å². The summed E-state index contributed by atoms with van der Waals surface area (Å²) in [6.07, 6.45) is 1.01. The number of anilines is 1. The molecule has 2 N–H and O–H groups in total. The van der Waals surface area contributed by atoms with E-state index in [1.165, 1.54) is 0 Å². The highest BCUT2D eigenvalue weighted by molar-refractivity contribution is 7.80. The largest absolute Gasteiger partial charge is 0.362 e. The summed E-state index contributed by atoms with van der Waals surface area (Å²) < 4.78 is 8.37. The van der Waals surface area contributed by atoms with Crippen molar-refractivity contribution >= 4 is 57.4 Å². The van der Waals surface area contributed by atoms with Crippen molar-refractivity contribution in [3.05, 3.63) is 17.2 Å². The van der Waals surface area contributed by atoms with E-state index in [9.17, 15) is 0 Å². The van der Waals surface area contributed by atoms with Crippen LogP contribution in [0.25, 0.3) is 11.0 Å². The van der Waals surface area contributed by atoms with Crippen LogP contribution in [-0.2, 0) is 0 Å². The average Bonchev–Trinajstić information content (AvgIpc) is 2.78. The molecule has 0 aliphatic heterocycles. The first-order valence-electron chi connectivity index (χ1n) is 5.18. The van der Waals surface area contributed by atoms with Crippen LogP contribution in [0, 0.1) is 0 Å². The molecule has 0 aliphatic rings. The Bertz CT molecular complexity index is 540. The molecule has 0 spiro atoms. The molecule has 1 aromatic heterocycles. The van der Waals surface area contributed by atoms with Crippen molar-refractivity contribution in [1.82, 2.24) is 14.1 Å². The van der Waals surface area contributed by atoms with Gasteiger partial charge in [-0.3, -0.25) is 0 Å². The van der Waals surface area contributed by atoms with E-state index in [2.05, 4.69) is 26.3 Å². The van der Waals surface area contributed by atoms with Crippen molar-refractivity contribution in [3.8, 4) is 0 Å². The monoisotopic (exact) mass is 286 g/mol. The molecule has 0 atom stereocenters. The highest BCUT2D eigenvalue weighted by Crippen LogP contribution is 2.29. The molecule has 0 saturated carbocycles. The lowest BCUT2D eigenvalue weighted by atomic mass is 10.2. The molecule has 0 unspecified atom stereocenters. The van der Waals surface area contributed by atoms with Crippen LogP contribution in [0.4, 0.5) is 5.69 Å². The normalized spacial score (nSPS) is 10.5. The predicted octanol–water partition coefficient (Wildman–Crippen LogP) is 3.04. The summed E-state index contributed by atoms with van der Waals surface area (Å²) in [5.74, 6) is 0. The fraction of sp³-hybridized carbons (Fsp3) is 0.300. The smallest absolute Gasteiger partial charge is 0.170 e. The number of nitrogens with zero attached hydrogens (tertiary/aromatic N) is 2. The van der Waals surface area contributed by atoms with Crippen LogP contribution in [0.3, 0.4) is 0 Å². The van der Waals surface area contributed by atoms with Gasteiger partial charge in [-0.15, -0.1) is 0 Å². The van der Waals surface area contributed by atoms with Crippen LogP contribution in [-0.4, -0.2) is 20.4 Å². The van der Waals surface area contributed by atoms with Crippen molar-refractivity contribution in [1.29, 1.82) is 0 Å². The van der Waals surface area contributed by atoms with Crippen LogP contribution in [0.15, 0.2) is 12.1 Å². The van der Waals surface area contributed by atoms with E-state index in [0.29, 0.717) is 15.8 Å². The summed E-state index contributed by atoms with van der Waals surface area (Å²) >= 11 is 12.5. The first-order valence-corrected chi connectivity index (χ1v) is 6.69. The Hall–Kier alpha value is -0.980. The molecule has 0 fully saturated rings. The Kier molecular flexibility index (Phi) is 4.09. The maximum atomic E-state index is 6.13. The van der Waals surface area contributed by atoms with E-state index in [4.69, 9.17) is 23.8 Å². The first kappa shape index (κ1) is 12.5. The number of benzene rings is 1. The van der Waals surface area contributed by atoms with E-state index in [1.54, 1.807) is 6.07 Å². The number of halogens is 1. The van der Waals surface area contributed by atoms with Crippen LogP contribution in [0.1, 0.15) is 13.3 Å². The summed E-state index contributed by atoms with van der Waals surface area (Å²) in [5, 5.41) is 7.29. The van der Waals surface area contributed by atoms with Crippen molar-refractivity contribution in [3.63, 3.8) is 0 Å². The summed E-state index contributed by atoms with van der Waals surface area (Å²) in [4.78, 5) is 0. The topological polar surface area (TPSA) is 49.8 Å². The minimum Gasteiger partial charge on any atom is -0.362 e. The molecule has 2 rings (SSSR count). The molecule has 0 amide bonds. The third-order valence-corrected chi connectivity index (χ3v) is 3.26. The van der Waals surface area contributed by atoms with Crippen molar-refractivity contribution in [2.75, 3.05) is 11.9 Å². The number of fused-ring (bicyclic) bond motifs is 1. The van der Waals surface area contributed by atoms with E-state index >= 15 is 0 Å². The van der Waals surface area contributed by atoms with Gasteiger partial charge < -0.3 is 10.6 Å². The van der Waals surface area contributed by atoms with Gasteiger partial charge in [0.2, 0.25) is 0 Å². The maximum absolute atomic E-state index is 6.13. The van der Waals surface area contributed by atoms with E-state index in [0.717, 1.165) is 35.7 Å². The standard InChI is InChI=1S/C10H11ClN4S2/c1-2-5-12-10(16)13-8-6(11)3-4-7-9(8)15-17-14-7/h3-4H,2,5H2,1H3,(H2,12,13,16). The molecule has 1 heterocycles. The maximum Gasteiger partial charge on any atom is 0.170 e. The summed E-state index contributed by atoms with van der Waals surface area (Å²) in [6.45, 7) is 2.91. The van der Waals surface area contributed by atoms with Gasteiger partial charge in [-0.05, 0) is 30.8 Å². The number of rotatable bonds is 3. The Morgan fingerprint density at radius 2 is 2.29 bits per heavy atom. The lowest BCUT2D eigenvalue weighted by Gasteiger charge is -2.11. The number of hydrogen-bond donors (Lipinski definition) is 2. The highest BCUT2D eigenvalue weighted by atomic mass is 35.5. The molecule has 0 aliphatic carbocycles. The summed E-state index contributed by atoms with van der Waals surface area (Å²) in [7, 11) is 0. The zero-order valence-electron chi connectivity index (χ0n) is 9.16. The Morgan fingerprint density at radius 1 is 1.47 bits per heavy atom. The minimum absolute atomic E-state index is 0.550. The summed E-state index contributed by atoms with van der Waals surface area (Å²) in [6, 6.07) is 3.63. The second-order valence-corrected chi connectivity index (χ2v) is 4.78. The number of thiocarbonyl (C=S) groups is 1. The Balaban J connectivity index is 2.25. The lowest BCUT2D eigenvalue weighted by molar-refractivity contribution is 0.847. The van der Waals surface area contributed by atoms with Gasteiger partial charge in [-0.1, -0.05) is 18.5 Å². The molecule has 7 heteroatoms. The van der Waals surface area contributed by atoms with Crippen LogP contribution in [0.5, 0.6) is 0 Å². The molecule has 0 radical (unpaired) electrons. The zero-order valence-corrected chi connectivity index (χ0v) is 11.5. The number of nitrogens with one attached hydrogen (secondary N) is 2. The van der Waals surface area contributed by atoms with Gasteiger partial charge in [-0.25, -0.2) is 0 Å². The van der Waals surface area contributed by atoms with Gasteiger partial charge in [0.1, 0.15) is 11.0 Å². The SMILES string of the molecule is CCCNC(=S)Nc1c(Cl)ccc2nsnc12. The fourth-order valence-corrected chi connectivity index (χ4v) is 2.29. The van der Waals surface area contributed by atoms with E-state index < -0.39 is 0 Å². The first-order chi connectivity index (χ1) is 8.22. The molecule has 0 bridgehead atoms. The van der Waals surface area contributed by atoms with Crippen LogP contribution >= 0.6 is 35.5 Å². The zero-order chi connectivity index (χ0) is 12.3. The molecule has 4 nitrogen and oxygen atoms in total. The third kappa shape index (κ3) is 2.83. The molecule has 0 saturated heterocycles. The van der Waals surface area contributed by atoms with Gasteiger partial charge in [0.25, 0.3) is 0 Å². The van der Waals surface area contributed by atoms with Crippen molar-refractivity contribution in [2.24, 2.45) is 0 Å². The van der Waals surface area contributed by atoms with E-state index in [1.807, 2.05) is 6.07 Å². The summed E-state index contributed by atoms with van der Waals surface area (Å²) in [5.41, 5.74) is 2.29. The molecule has 2 aromatic rings. The quantitative estimate of drug-likeness (QED) is 0.850. The van der Waals surface area contributed by atoms with Crippen molar-refractivity contribution in [2.45, 2.75) is 13.3 Å². The van der Waals surface area contributed by atoms with Gasteiger partial charge in [0.15, 0.2) is 5.11 Å². The lowest BCUT2D eigenvalue weighted by Crippen LogP contribution is -2.29. The number of aromatic nitrogens is 2. The second-order valence-electron chi connectivity index (χ2n) is 3.44. The second kappa shape index (κ2) is 5.57. The van der Waals surface area contributed by atoms with Gasteiger partial charge in [0, 0.05) is 6.54 Å². The third-order valence-electron chi connectivity index (χ3n) is 2.15. The average molecular weight is 287 g/mol. The van der Waals surface area contributed by atoms with Crippen molar-refractivity contribution < 1.29 is 0 Å². The minimum atomic E-state index is 0.550. The Labute approximate surface area is 114 Å². The fourth-order valence-electron chi connectivity index (χ4n) is 1.34. The van der Waals surface area contributed by atoms with Gasteiger partial charge >= 0.3 is 0 Å². The van der Waals surface area contributed by atoms with E-state index in [-0.39, 0.29) is 0 Å². The van der Waals surface area contributed by atoms with Crippen LogP contribution < -0.4 is 10.6 Å². The molecular weight excluding hydrogens is 276 g/mol. The predicted molar refractivity (Wildman–Crippen MR) is 76.9 cm³/mol. The number of hydrogen-bond acceptors (Lipinski definition) is 4. The Morgan fingerprint density at radius 3 is 3.06 bits per heavy atom. The molecule has 1 aromatic carbocycles.